The lowest BCUT2D eigenvalue weighted by atomic mass is 10.0. The van der Waals surface area contributed by atoms with Crippen LogP contribution in [0.4, 0.5) is 13.2 Å². The van der Waals surface area contributed by atoms with Crippen LogP contribution < -0.4 is 5.32 Å². The van der Waals surface area contributed by atoms with Crippen LogP contribution in [0.1, 0.15) is 44.0 Å². The Bertz CT molecular complexity index is 1050. The monoisotopic (exact) mass is 409 g/mol. The summed E-state index contributed by atoms with van der Waals surface area (Å²) in [5.41, 5.74) is 0.270. The third kappa shape index (κ3) is 3.85. The molecule has 148 valence electrons. The van der Waals surface area contributed by atoms with Crippen LogP contribution in [0.3, 0.4) is 0 Å². The normalized spacial score (nSPS) is 13.0. The van der Waals surface area contributed by atoms with Crippen LogP contribution in [-0.2, 0) is 6.18 Å². The van der Waals surface area contributed by atoms with Gasteiger partial charge in [-0.25, -0.2) is 9.97 Å². The van der Waals surface area contributed by atoms with Gasteiger partial charge in [0.15, 0.2) is 0 Å². The number of nitrogens with one attached hydrogen (secondary N) is 1. The summed E-state index contributed by atoms with van der Waals surface area (Å²) in [6, 6.07) is 4.77. The first-order valence-electron chi connectivity index (χ1n) is 8.46. The second-order valence-electron chi connectivity index (χ2n) is 6.40. The summed E-state index contributed by atoms with van der Waals surface area (Å²) in [5, 5.41) is 13.5. The van der Waals surface area contributed by atoms with Crippen molar-refractivity contribution < 1.29 is 23.1 Å². The minimum Gasteiger partial charge on any atom is -0.387 e. The Morgan fingerprint density at radius 2 is 1.89 bits per heavy atom. The van der Waals surface area contributed by atoms with Gasteiger partial charge in [-0.3, -0.25) is 4.79 Å². The second-order valence-corrected chi connectivity index (χ2v) is 7.40. The summed E-state index contributed by atoms with van der Waals surface area (Å²) in [6.45, 7) is 5.02. The molecule has 3 aromatic rings. The maximum atomic E-state index is 13.1. The number of alkyl halides is 3. The number of aryl methyl sites for hydroxylation is 3. The zero-order chi connectivity index (χ0) is 20.6. The van der Waals surface area contributed by atoms with E-state index in [1.165, 1.54) is 29.5 Å². The zero-order valence-electron chi connectivity index (χ0n) is 15.4. The number of fused-ring (bicyclic) bond motifs is 1. The first-order chi connectivity index (χ1) is 13.1. The molecule has 0 saturated carbocycles. The van der Waals surface area contributed by atoms with E-state index in [0.717, 1.165) is 17.1 Å². The highest BCUT2D eigenvalue weighted by atomic mass is 32.1. The Morgan fingerprint density at radius 1 is 1.21 bits per heavy atom. The van der Waals surface area contributed by atoms with Crippen molar-refractivity contribution in [1.29, 1.82) is 0 Å². The third-order valence-electron chi connectivity index (χ3n) is 4.37. The lowest BCUT2D eigenvalue weighted by Crippen LogP contribution is -2.29. The molecule has 0 bridgehead atoms. The highest BCUT2D eigenvalue weighted by Crippen LogP contribution is 2.35. The molecule has 2 heterocycles. The van der Waals surface area contributed by atoms with Gasteiger partial charge in [-0.05, 0) is 38.0 Å². The maximum Gasteiger partial charge on any atom is 0.416 e. The van der Waals surface area contributed by atoms with Crippen molar-refractivity contribution >= 4 is 27.5 Å². The molecule has 0 aliphatic rings. The van der Waals surface area contributed by atoms with E-state index in [4.69, 9.17) is 0 Å². The zero-order valence-corrected chi connectivity index (χ0v) is 16.2. The molecule has 1 unspecified atom stereocenters. The molecule has 1 aromatic carbocycles. The topological polar surface area (TPSA) is 75.1 Å². The lowest BCUT2D eigenvalue weighted by Gasteiger charge is -2.17. The second kappa shape index (κ2) is 7.48. The average molecular weight is 409 g/mol. The summed E-state index contributed by atoms with van der Waals surface area (Å²) in [5.74, 6) is 0.124. The van der Waals surface area contributed by atoms with E-state index in [0.29, 0.717) is 21.1 Å². The number of thiophene rings is 1. The molecule has 2 aromatic heterocycles. The van der Waals surface area contributed by atoms with Gasteiger partial charge < -0.3 is 10.4 Å². The van der Waals surface area contributed by atoms with Crippen LogP contribution >= 0.6 is 11.3 Å². The van der Waals surface area contributed by atoms with E-state index in [1.807, 2.05) is 6.92 Å². The molecule has 0 aliphatic carbocycles. The third-order valence-corrected chi connectivity index (χ3v) is 5.55. The summed E-state index contributed by atoms with van der Waals surface area (Å²) in [7, 11) is 0. The highest BCUT2D eigenvalue weighted by molar-refractivity contribution is 7.20. The first kappa shape index (κ1) is 20.2. The van der Waals surface area contributed by atoms with Crippen LogP contribution in [0, 0.1) is 20.8 Å². The van der Waals surface area contributed by atoms with E-state index >= 15 is 0 Å². The minimum atomic E-state index is -4.59. The number of hydrogen-bond donors (Lipinski definition) is 2. The number of carbonyl (C=O) groups is 1. The Kier molecular flexibility index (Phi) is 5.40. The van der Waals surface area contributed by atoms with Crippen molar-refractivity contribution in [3.63, 3.8) is 0 Å². The smallest absolute Gasteiger partial charge is 0.387 e. The van der Waals surface area contributed by atoms with Crippen LogP contribution in [0.25, 0.3) is 10.2 Å². The van der Waals surface area contributed by atoms with E-state index < -0.39 is 23.8 Å². The SMILES string of the molecule is Cc1nc(C)c2c(C)c(C(=O)NCC(O)c3ccccc3C(F)(F)F)sc2n1. The molecule has 1 atom stereocenters. The summed E-state index contributed by atoms with van der Waals surface area (Å²) in [6.07, 6.45) is -6.07. The summed E-state index contributed by atoms with van der Waals surface area (Å²) in [4.78, 5) is 22.3. The Morgan fingerprint density at radius 3 is 2.57 bits per heavy atom. The lowest BCUT2D eigenvalue weighted by molar-refractivity contribution is -0.139. The molecule has 0 saturated heterocycles. The number of carbonyl (C=O) groups excluding carboxylic acids is 1. The van der Waals surface area contributed by atoms with E-state index in [1.54, 1.807) is 13.8 Å². The number of aromatic nitrogens is 2. The minimum absolute atomic E-state index is 0.277. The largest absolute Gasteiger partial charge is 0.416 e. The maximum absolute atomic E-state index is 13.1. The molecular formula is C19H18F3N3O2S. The van der Waals surface area contributed by atoms with Gasteiger partial charge in [0.25, 0.3) is 5.91 Å². The molecule has 5 nitrogen and oxygen atoms in total. The predicted molar refractivity (Wildman–Crippen MR) is 100 cm³/mol. The van der Waals surface area contributed by atoms with Gasteiger partial charge in [0.1, 0.15) is 10.7 Å². The summed E-state index contributed by atoms with van der Waals surface area (Å²) >= 11 is 1.19. The number of nitrogens with zero attached hydrogens (tertiary/aromatic N) is 2. The molecule has 28 heavy (non-hydrogen) atoms. The average Bonchev–Trinajstić information content (AvgIpc) is 2.95. The summed E-state index contributed by atoms with van der Waals surface area (Å²) < 4.78 is 39.3. The number of amides is 1. The van der Waals surface area contributed by atoms with Crippen molar-refractivity contribution in [2.45, 2.75) is 33.1 Å². The van der Waals surface area contributed by atoms with Crippen molar-refractivity contribution in [2.75, 3.05) is 6.54 Å². The van der Waals surface area contributed by atoms with Gasteiger partial charge in [-0.2, -0.15) is 13.2 Å². The van der Waals surface area contributed by atoms with Crippen molar-refractivity contribution in [3.05, 3.63) is 57.4 Å². The Hall–Kier alpha value is -2.52. The fourth-order valence-corrected chi connectivity index (χ4v) is 4.31. The molecule has 0 spiro atoms. The highest BCUT2D eigenvalue weighted by Gasteiger charge is 2.34. The molecule has 9 heteroatoms. The Labute approximate surface area is 163 Å². The van der Waals surface area contributed by atoms with E-state index in [9.17, 15) is 23.1 Å². The molecule has 0 radical (unpaired) electrons. The Balaban J connectivity index is 1.81. The van der Waals surface area contributed by atoms with Crippen LogP contribution in [0.5, 0.6) is 0 Å². The standard InChI is InChI=1S/C19H18F3N3O2S/c1-9-15-10(2)24-11(3)25-18(15)28-16(9)17(27)23-8-14(26)12-6-4-5-7-13(12)19(20,21)22/h4-7,14,26H,8H2,1-3H3,(H,23,27). The fraction of sp³-hybridized carbons (Fsp3) is 0.316. The van der Waals surface area contributed by atoms with Gasteiger partial charge in [0.05, 0.1) is 16.5 Å². The molecule has 3 rings (SSSR count). The van der Waals surface area contributed by atoms with Crippen molar-refractivity contribution in [2.24, 2.45) is 0 Å². The van der Waals surface area contributed by atoms with Crippen molar-refractivity contribution in [3.8, 4) is 0 Å². The van der Waals surface area contributed by atoms with Gasteiger partial charge in [0, 0.05) is 17.6 Å². The first-order valence-corrected chi connectivity index (χ1v) is 9.28. The van der Waals surface area contributed by atoms with Gasteiger partial charge >= 0.3 is 6.18 Å². The fourth-order valence-electron chi connectivity index (χ4n) is 3.12. The van der Waals surface area contributed by atoms with Crippen LogP contribution in [0.15, 0.2) is 24.3 Å². The molecule has 1 amide bonds. The van der Waals surface area contributed by atoms with E-state index in [-0.39, 0.29) is 12.1 Å². The quantitative estimate of drug-likeness (QED) is 0.680. The van der Waals surface area contributed by atoms with Gasteiger partial charge in [0.2, 0.25) is 0 Å². The number of aliphatic hydroxyl groups excluding tert-OH is 1. The molecular weight excluding hydrogens is 391 g/mol. The number of halogens is 3. The molecule has 0 aliphatic heterocycles. The van der Waals surface area contributed by atoms with Gasteiger partial charge in [-0.15, -0.1) is 11.3 Å². The van der Waals surface area contributed by atoms with Crippen molar-refractivity contribution in [1.82, 2.24) is 15.3 Å². The van der Waals surface area contributed by atoms with E-state index in [2.05, 4.69) is 15.3 Å². The number of rotatable bonds is 4. The number of benzene rings is 1. The number of aliphatic hydroxyl groups is 1. The molecule has 0 fully saturated rings. The van der Waals surface area contributed by atoms with Crippen LogP contribution in [0.2, 0.25) is 0 Å². The molecule has 2 N–H and O–H groups in total. The van der Waals surface area contributed by atoms with Crippen LogP contribution in [-0.4, -0.2) is 27.5 Å². The predicted octanol–water partition coefficient (Wildman–Crippen LogP) is 4.10. The van der Waals surface area contributed by atoms with Gasteiger partial charge in [-0.1, -0.05) is 18.2 Å². The number of hydrogen-bond acceptors (Lipinski definition) is 5.